The summed E-state index contributed by atoms with van der Waals surface area (Å²) in [7, 11) is 0. The number of hydrogen-bond donors (Lipinski definition) is 0. The maximum atomic E-state index is 6.65. The van der Waals surface area contributed by atoms with E-state index in [1.165, 1.54) is 0 Å². The van der Waals surface area contributed by atoms with Crippen molar-refractivity contribution in [2.24, 2.45) is 5.41 Å². The smallest absolute Gasteiger partial charge is 0.148 e. The van der Waals surface area contributed by atoms with Gasteiger partial charge in [0.05, 0.1) is 98.5 Å². The van der Waals surface area contributed by atoms with Gasteiger partial charge in [0.1, 0.15) is 69.3 Å². The molecule has 28 heteroatoms. The number of rotatable bonds is 24. The summed E-state index contributed by atoms with van der Waals surface area (Å²) >= 11 is 78.2. The molecule has 0 saturated heterocycles. The van der Waals surface area contributed by atoms with E-state index >= 15 is 0 Å². The Morgan fingerprint density at radius 1 is 0.325 bits per heavy atom. The van der Waals surface area contributed by atoms with E-state index in [1.54, 1.807) is 95.0 Å². The van der Waals surface area contributed by atoms with Crippen molar-refractivity contribution in [2.75, 3.05) is 52.9 Å². The van der Waals surface area contributed by atoms with Crippen molar-refractivity contribution in [1.29, 1.82) is 0 Å². The van der Waals surface area contributed by atoms with Gasteiger partial charge < -0.3 is 18.9 Å². The fourth-order valence-electron chi connectivity index (χ4n) is 8.21. The molecule has 0 aliphatic rings. The molecule has 16 nitrogen and oxygen atoms in total. The Morgan fingerprint density at radius 3 is 0.688 bits per heavy atom. The summed E-state index contributed by atoms with van der Waals surface area (Å²) < 4.78 is 32.6. The van der Waals surface area contributed by atoms with Crippen LogP contribution < -0.4 is 0 Å². The van der Waals surface area contributed by atoms with Gasteiger partial charge in [-0.15, -0.1) is 0 Å². The summed E-state index contributed by atoms with van der Waals surface area (Å²) in [6.45, 7) is 8.04. The lowest BCUT2D eigenvalue weighted by Crippen LogP contribution is -2.42. The van der Waals surface area contributed by atoms with Gasteiger partial charge >= 0.3 is 0 Å². The van der Waals surface area contributed by atoms with Gasteiger partial charge in [0.25, 0.3) is 0 Å². The molecule has 4 aromatic carbocycles. The van der Waals surface area contributed by atoms with Gasteiger partial charge in [-0.1, -0.05) is 139 Å². The predicted octanol–water partition coefficient (Wildman–Crippen LogP) is 14.4. The molecule has 408 valence electrons. The first-order valence-corrected chi connectivity index (χ1v) is 27.8. The van der Waals surface area contributed by atoms with E-state index in [0.717, 1.165) is 0 Å². The van der Waals surface area contributed by atoms with Crippen LogP contribution in [0.3, 0.4) is 0 Å². The summed E-state index contributed by atoms with van der Waals surface area (Å²) in [5, 5.41) is 22.2. The molecule has 0 amide bonds. The molecule has 4 aromatic heterocycles. The number of aromatic nitrogens is 12. The minimum Gasteiger partial charge on any atom is -0.380 e. The number of benzene rings is 4. The van der Waals surface area contributed by atoms with Crippen LogP contribution in [0.1, 0.15) is 46.6 Å². The third kappa shape index (κ3) is 14.8. The Labute approximate surface area is 502 Å². The van der Waals surface area contributed by atoms with E-state index < -0.39 is 5.41 Å². The molecule has 77 heavy (non-hydrogen) atoms. The third-order valence-electron chi connectivity index (χ3n) is 11.4. The van der Waals surface area contributed by atoms with Crippen LogP contribution >= 0.6 is 139 Å². The maximum absolute atomic E-state index is 6.65. The molecule has 0 aliphatic carbocycles. The minimum absolute atomic E-state index is 0.0738. The molecule has 0 radical (unpaired) electrons. The van der Waals surface area contributed by atoms with Crippen molar-refractivity contribution < 1.29 is 18.9 Å². The molecular formula is C49H44Cl12N12O4. The van der Waals surface area contributed by atoms with Crippen LogP contribution in [0.5, 0.6) is 0 Å². The second-order valence-electron chi connectivity index (χ2n) is 17.5. The fraction of sp³-hybridized carbons (Fsp3) is 0.347. The van der Waals surface area contributed by atoms with Crippen LogP contribution in [0.2, 0.25) is 60.3 Å². The van der Waals surface area contributed by atoms with Crippen molar-refractivity contribution in [3.8, 4) is 22.7 Å². The van der Waals surface area contributed by atoms with E-state index in [9.17, 15) is 0 Å². The third-order valence-corrected chi connectivity index (χ3v) is 14.6. The van der Waals surface area contributed by atoms with Crippen molar-refractivity contribution >= 4 is 139 Å². The first-order valence-electron chi connectivity index (χ1n) is 23.3. The Kier molecular flexibility index (Phi) is 20.7. The highest BCUT2D eigenvalue weighted by atomic mass is 35.5. The highest BCUT2D eigenvalue weighted by Gasteiger charge is 2.34. The fourth-order valence-corrected chi connectivity index (χ4v) is 12.1. The van der Waals surface area contributed by atoms with Crippen molar-refractivity contribution in [1.82, 2.24) is 59.1 Å². The summed E-state index contributed by atoms with van der Waals surface area (Å²) in [5.41, 5.74) is 0.758. The van der Waals surface area contributed by atoms with Crippen LogP contribution in [0.25, 0.3) is 22.7 Å². The average molecular weight is 1290 g/mol. The van der Waals surface area contributed by atoms with Crippen molar-refractivity contribution in [3.63, 3.8) is 0 Å². The largest absolute Gasteiger partial charge is 0.380 e. The van der Waals surface area contributed by atoms with Gasteiger partial charge in [-0.25, -0.2) is 38.7 Å². The molecule has 8 rings (SSSR count). The quantitative estimate of drug-likeness (QED) is 0.0528. The predicted molar refractivity (Wildman–Crippen MR) is 305 cm³/mol. The minimum atomic E-state index is -0.975. The molecule has 0 bridgehead atoms. The second-order valence-corrected chi connectivity index (χ2v) is 22.5. The first kappa shape index (κ1) is 59.9. The standard InChI is InChI=1S/C49H44Cl12N12O4/c1-25-62-41(70(66-25)45-33(54)13-29(50)14-34(45)55)5-9-74-21-49(22-75-10-6-42-63-26(2)67-71(42)46-35(56)15-30(51)16-36(46)57,23-76-11-7-43-64-27(3)68-72(43)47-37(58)17-31(52)18-38(47)59)24-77-12-8-44-65-28(4)69-73(44)48-39(60)19-32(53)20-40(48)61/h13-20H,5-12,21-24H2,1-4H3. The van der Waals surface area contributed by atoms with Gasteiger partial charge in [0.15, 0.2) is 0 Å². The monoisotopic (exact) mass is 1280 g/mol. The van der Waals surface area contributed by atoms with E-state index in [4.69, 9.17) is 158 Å². The zero-order valence-corrected chi connectivity index (χ0v) is 50.2. The highest BCUT2D eigenvalue weighted by Crippen LogP contribution is 2.37. The zero-order valence-electron chi connectivity index (χ0n) is 41.1. The molecular weight excluding hydrogens is 1250 g/mol. The van der Waals surface area contributed by atoms with Crippen LogP contribution in [-0.4, -0.2) is 112 Å². The number of hydrogen-bond acceptors (Lipinski definition) is 12. The molecule has 0 saturated carbocycles. The summed E-state index contributed by atoms with van der Waals surface area (Å²) in [6.07, 6.45) is 1.20. The first-order chi connectivity index (χ1) is 36.7. The molecule has 4 heterocycles. The molecule has 0 spiro atoms. The number of halogens is 12. The zero-order chi connectivity index (χ0) is 55.3. The van der Waals surface area contributed by atoms with Gasteiger partial charge in [-0.05, 0) is 76.2 Å². The molecule has 0 aliphatic heterocycles. The van der Waals surface area contributed by atoms with Crippen molar-refractivity contribution in [2.45, 2.75) is 53.4 Å². The summed E-state index contributed by atoms with van der Waals surface area (Å²) in [5.74, 6) is 4.17. The molecule has 0 unspecified atom stereocenters. The SMILES string of the molecule is Cc1nc(CCOCC(COCCc2nc(C)nn2-c2c(Cl)cc(Cl)cc2Cl)(COCCc2nc(C)nn2-c2c(Cl)cc(Cl)cc2Cl)COCCc2nc(C)nn2-c2c(Cl)cc(Cl)cc2Cl)n(-c2c(Cl)cc(Cl)cc2Cl)n1. The van der Waals surface area contributed by atoms with E-state index in [2.05, 4.69) is 40.3 Å². The average Bonchev–Trinajstić information content (AvgIpc) is 4.09. The number of nitrogens with zero attached hydrogens (tertiary/aromatic N) is 12. The summed E-state index contributed by atoms with van der Waals surface area (Å²) in [6, 6.07) is 12.7. The normalized spacial score (nSPS) is 11.9. The van der Waals surface area contributed by atoms with E-state index in [-0.39, 0.29) is 52.9 Å². The Balaban J connectivity index is 1.06. The molecule has 0 fully saturated rings. The molecule has 8 aromatic rings. The lowest BCUT2D eigenvalue weighted by Gasteiger charge is -2.33. The van der Waals surface area contributed by atoms with Crippen LogP contribution in [0, 0.1) is 33.1 Å². The van der Waals surface area contributed by atoms with Gasteiger partial charge in [0, 0.05) is 45.8 Å². The lowest BCUT2D eigenvalue weighted by molar-refractivity contribution is -0.106. The summed E-state index contributed by atoms with van der Waals surface area (Å²) in [4.78, 5) is 18.7. The van der Waals surface area contributed by atoms with E-state index in [1.807, 2.05) is 0 Å². The Bertz CT molecular complexity index is 2880. The van der Waals surface area contributed by atoms with Gasteiger partial charge in [-0.2, -0.15) is 20.4 Å². The number of aryl methyl sites for hydroxylation is 4. The Hall–Kier alpha value is -3.24. The van der Waals surface area contributed by atoms with Crippen LogP contribution in [-0.2, 0) is 44.6 Å². The number of ether oxygens (including phenoxy) is 4. The van der Waals surface area contributed by atoms with Crippen molar-refractivity contribution in [3.05, 3.63) is 155 Å². The maximum Gasteiger partial charge on any atom is 0.148 e. The van der Waals surface area contributed by atoms with Crippen LogP contribution in [0.4, 0.5) is 0 Å². The highest BCUT2D eigenvalue weighted by molar-refractivity contribution is 6.43. The lowest BCUT2D eigenvalue weighted by atomic mass is 9.92. The second kappa shape index (κ2) is 26.6. The Morgan fingerprint density at radius 2 is 0.506 bits per heavy atom. The molecule has 0 N–H and O–H groups in total. The van der Waals surface area contributed by atoms with Gasteiger partial charge in [0.2, 0.25) is 0 Å². The topological polar surface area (TPSA) is 160 Å². The van der Waals surface area contributed by atoms with E-state index in [0.29, 0.717) is 155 Å². The van der Waals surface area contributed by atoms with Crippen LogP contribution in [0.15, 0.2) is 48.5 Å². The van der Waals surface area contributed by atoms with Gasteiger partial charge in [-0.3, -0.25) is 0 Å². The molecule has 0 atom stereocenters.